The van der Waals surface area contributed by atoms with Gasteiger partial charge in [-0.2, -0.15) is 0 Å². The quantitative estimate of drug-likeness (QED) is 0.423. The van der Waals surface area contributed by atoms with Crippen LogP contribution in [-0.4, -0.2) is 60.1 Å². The first-order valence-corrected chi connectivity index (χ1v) is 3.34. The second kappa shape index (κ2) is 5.85. The van der Waals surface area contributed by atoms with Crippen molar-refractivity contribution in [2.24, 2.45) is 0 Å². The minimum Gasteiger partial charge on any atom is -1.00 e. The fraction of sp³-hybridized carbons (Fsp3) is 0. The molecular formula is C8H8CaO5. The summed E-state index contributed by atoms with van der Waals surface area (Å²) in [5.74, 6) is -1.40. The predicted octanol–water partition coefficient (Wildman–Crippen LogP) is 1.07. The van der Waals surface area contributed by atoms with Crippen molar-refractivity contribution < 1.29 is 27.4 Å². The first-order chi connectivity index (χ1) is 6.11. The summed E-state index contributed by atoms with van der Waals surface area (Å²) in [5, 5.41) is 17.2. The van der Waals surface area contributed by atoms with Gasteiger partial charge in [0.05, 0.1) is 0 Å². The topological polar surface area (TPSA) is 83.8 Å². The maximum atomic E-state index is 10.9. The van der Waals surface area contributed by atoms with E-state index in [-0.39, 0.29) is 51.9 Å². The molecule has 0 atom stereocenters. The summed E-state index contributed by atoms with van der Waals surface area (Å²) in [7, 11) is 0. The zero-order chi connectivity index (χ0) is 9.84. The van der Waals surface area contributed by atoms with Crippen LogP contribution in [0.2, 0.25) is 0 Å². The second-order valence-corrected chi connectivity index (χ2v) is 2.17. The molecule has 0 fully saturated rings. The van der Waals surface area contributed by atoms with Crippen molar-refractivity contribution in [2.75, 3.05) is 0 Å². The summed E-state index contributed by atoms with van der Waals surface area (Å²) in [6.45, 7) is 0. The number of hydrogen-bond donors (Lipinski definition) is 2. The third-order valence-electron chi connectivity index (χ3n) is 1.30. The Kier molecular flexibility index (Phi) is 5.52. The smallest absolute Gasteiger partial charge is 1.00 e. The Morgan fingerprint density at radius 2 is 1.86 bits per heavy atom. The van der Waals surface area contributed by atoms with E-state index in [1.165, 1.54) is 24.3 Å². The Bertz CT molecular complexity index is 358. The molecule has 5 nitrogen and oxygen atoms in total. The molecule has 14 heavy (non-hydrogen) atoms. The van der Waals surface area contributed by atoms with Crippen LogP contribution in [0.1, 0.15) is 13.2 Å². The summed E-state index contributed by atoms with van der Waals surface area (Å²) in [6, 6.07) is 5.52. The minimum absolute atomic E-state index is 0. The molecule has 2 N–H and O–H groups in total. The van der Waals surface area contributed by atoms with Gasteiger partial charge in [0.15, 0.2) is 0 Å². The average Bonchev–Trinajstić information content (AvgIpc) is 2.03. The van der Waals surface area contributed by atoms with Crippen LogP contribution in [0, 0.1) is 0 Å². The number of phenolic OH excluding ortho intramolecular Hbond substituents is 1. The van der Waals surface area contributed by atoms with Crippen molar-refractivity contribution in [1.82, 2.24) is 0 Å². The van der Waals surface area contributed by atoms with Crippen LogP contribution in [0.25, 0.3) is 0 Å². The normalized spacial score (nSPS) is 8.57. The van der Waals surface area contributed by atoms with E-state index in [9.17, 15) is 9.59 Å². The fourth-order valence-corrected chi connectivity index (χ4v) is 0.781. The summed E-state index contributed by atoms with van der Waals surface area (Å²) in [5.41, 5.74) is -0.176. The van der Waals surface area contributed by atoms with Crippen molar-refractivity contribution in [1.29, 1.82) is 0 Å². The van der Waals surface area contributed by atoms with Crippen molar-refractivity contribution >= 4 is 49.9 Å². The number of esters is 1. The third kappa shape index (κ3) is 3.53. The van der Waals surface area contributed by atoms with Crippen LogP contribution >= 0.6 is 0 Å². The number of carbonyl (C=O) groups excluding carboxylic acids is 1. The van der Waals surface area contributed by atoms with E-state index in [1.807, 2.05) is 0 Å². The summed E-state index contributed by atoms with van der Waals surface area (Å²) >= 11 is 0. The summed E-state index contributed by atoms with van der Waals surface area (Å²) in [6.07, 6.45) is -1.70. The van der Waals surface area contributed by atoms with Gasteiger partial charge in [-0.3, -0.25) is 0 Å². The van der Waals surface area contributed by atoms with E-state index in [0.29, 0.717) is 0 Å². The van der Waals surface area contributed by atoms with E-state index >= 15 is 0 Å². The molecule has 0 spiro atoms. The first kappa shape index (κ1) is 13.2. The fourth-order valence-electron chi connectivity index (χ4n) is 0.781. The molecule has 0 aliphatic heterocycles. The first-order valence-electron chi connectivity index (χ1n) is 3.34. The molecular weight excluding hydrogens is 216 g/mol. The van der Waals surface area contributed by atoms with E-state index in [0.717, 1.165) is 0 Å². The van der Waals surface area contributed by atoms with E-state index in [1.54, 1.807) is 0 Å². The Morgan fingerprint density at radius 3 is 2.36 bits per heavy atom. The number of ether oxygens (including phenoxy) is 1. The number of rotatable bonds is 1. The molecule has 0 amide bonds. The Balaban J connectivity index is -0.000000563. The number of carbonyl (C=O) groups is 2. The summed E-state index contributed by atoms with van der Waals surface area (Å²) < 4.78 is 3.83. The van der Waals surface area contributed by atoms with E-state index in [4.69, 9.17) is 10.2 Å². The van der Waals surface area contributed by atoms with Crippen molar-refractivity contribution in [3.8, 4) is 5.75 Å². The van der Waals surface area contributed by atoms with Crippen LogP contribution in [0.4, 0.5) is 4.79 Å². The monoisotopic (exact) mass is 224 g/mol. The molecule has 6 heteroatoms. The molecule has 0 saturated carbocycles. The van der Waals surface area contributed by atoms with Crippen LogP contribution < -0.4 is 0 Å². The molecule has 0 bridgehead atoms. The van der Waals surface area contributed by atoms with Crippen molar-refractivity contribution in [3.63, 3.8) is 0 Å². The van der Waals surface area contributed by atoms with Crippen LogP contribution in [-0.2, 0) is 4.74 Å². The largest absolute Gasteiger partial charge is 2.00 e. The Morgan fingerprint density at radius 1 is 1.29 bits per heavy atom. The van der Waals surface area contributed by atoms with Gasteiger partial charge in [0.1, 0.15) is 11.3 Å². The summed E-state index contributed by atoms with van der Waals surface area (Å²) in [4.78, 5) is 20.9. The molecule has 0 aliphatic rings. The molecule has 0 aromatic heterocycles. The number of carboxylic acid groups (broad SMARTS) is 1. The van der Waals surface area contributed by atoms with Gasteiger partial charge in [-0.15, -0.1) is 0 Å². The average molecular weight is 224 g/mol. The van der Waals surface area contributed by atoms with Gasteiger partial charge in [-0.05, 0) is 12.1 Å². The number of para-hydroxylation sites is 1. The van der Waals surface area contributed by atoms with Gasteiger partial charge in [0.25, 0.3) is 0 Å². The Labute approximate surface area is 112 Å². The van der Waals surface area contributed by atoms with Gasteiger partial charge in [0.2, 0.25) is 0 Å². The van der Waals surface area contributed by atoms with Gasteiger partial charge in [-0.1, -0.05) is 12.1 Å². The zero-order valence-corrected chi connectivity index (χ0v) is 9.34. The molecule has 0 radical (unpaired) electrons. The van der Waals surface area contributed by atoms with Gasteiger partial charge in [0, 0.05) is 0 Å². The van der Waals surface area contributed by atoms with Crippen LogP contribution in [0.15, 0.2) is 24.3 Å². The standard InChI is InChI=1S/C8H6O5.Ca.2H/c9-6-4-2-1-3-5(6)7(10)13-8(11)12;;;/h1-4,9H,(H,11,12);;;/q;+2;2*-1. The van der Waals surface area contributed by atoms with E-state index in [2.05, 4.69) is 4.74 Å². The molecule has 0 heterocycles. The molecule has 1 aromatic rings. The predicted molar refractivity (Wildman–Crippen MR) is 49.5 cm³/mol. The maximum Gasteiger partial charge on any atom is 2.00 e. The molecule has 0 unspecified atom stereocenters. The molecule has 72 valence electrons. The third-order valence-corrected chi connectivity index (χ3v) is 1.30. The van der Waals surface area contributed by atoms with Gasteiger partial charge < -0.3 is 17.8 Å². The van der Waals surface area contributed by atoms with Crippen molar-refractivity contribution in [2.45, 2.75) is 0 Å². The Hall–Kier alpha value is -0.780. The van der Waals surface area contributed by atoms with Gasteiger partial charge in [-0.25, -0.2) is 9.59 Å². The van der Waals surface area contributed by atoms with Crippen LogP contribution in [0.5, 0.6) is 5.75 Å². The molecule has 1 rings (SSSR count). The number of hydrogen-bond acceptors (Lipinski definition) is 4. The number of phenols is 1. The number of benzene rings is 1. The molecule has 1 aromatic carbocycles. The molecule has 0 saturated heterocycles. The van der Waals surface area contributed by atoms with Crippen LogP contribution in [0.3, 0.4) is 0 Å². The van der Waals surface area contributed by atoms with Gasteiger partial charge >= 0.3 is 49.9 Å². The van der Waals surface area contributed by atoms with E-state index < -0.39 is 12.1 Å². The SMILES string of the molecule is O=C(O)OC(=O)c1ccccc1O.[Ca+2].[H-].[H-]. The number of aromatic hydroxyl groups is 1. The molecule has 0 aliphatic carbocycles. The minimum atomic E-state index is -1.70. The maximum absolute atomic E-state index is 10.9. The zero-order valence-electron chi connectivity index (χ0n) is 9.14. The van der Waals surface area contributed by atoms with Crippen molar-refractivity contribution in [3.05, 3.63) is 29.8 Å². The second-order valence-electron chi connectivity index (χ2n) is 2.17.